The molecule has 1 aromatic heterocycles. The molecule has 2 heterocycles. The van der Waals surface area contributed by atoms with Gasteiger partial charge >= 0.3 is 6.18 Å². The van der Waals surface area contributed by atoms with E-state index in [1.165, 1.54) is 12.1 Å². The first-order valence-corrected chi connectivity index (χ1v) is 7.74. The van der Waals surface area contributed by atoms with Crippen LogP contribution < -0.4 is 0 Å². The van der Waals surface area contributed by atoms with E-state index >= 15 is 0 Å². The molecule has 25 heavy (non-hydrogen) atoms. The van der Waals surface area contributed by atoms with Crippen LogP contribution in [0.2, 0.25) is 0 Å². The molecule has 0 bridgehead atoms. The monoisotopic (exact) mass is 345 g/mol. The van der Waals surface area contributed by atoms with Crippen LogP contribution in [0.15, 0.2) is 48.5 Å². The summed E-state index contributed by atoms with van der Waals surface area (Å²) in [6.45, 7) is 1.88. The highest BCUT2D eigenvalue weighted by atomic mass is 19.4. The lowest BCUT2D eigenvalue weighted by Gasteiger charge is -2.22. The van der Waals surface area contributed by atoms with Gasteiger partial charge in [0.15, 0.2) is 5.82 Å². The molecule has 128 valence electrons. The summed E-state index contributed by atoms with van der Waals surface area (Å²) in [6.07, 6.45) is -5.29. The number of aryl methyl sites for hydroxylation is 1. The van der Waals surface area contributed by atoms with Gasteiger partial charge in [0, 0.05) is 5.56 Å². The number of hydrogen-bond acceptors (Lipinski definition) is 3. The molecule has 0 saturated carbocycles. The van der Waals surface area contributed by atoms with Gasteiger partial charge in [-0.1, -0.05) is 36.4 Å². The SMILES string of the molecule is Cc1nnc2n1-c1ccccc1C(c1ccccc1C(F)(F)F)OC2. The Balaban J connectivity index is 1.93. The quantitative estimate of drug-likeness (QED) is 0.663. The van der Waals surface area contributed by atoms with E-state index in [0.717, 1.165) is 11.8 Å². The van der Waals surface area contributed by atoms with E-state index in [2.05, 4.69) is 10.2 Å². The van der Waals surface area contributed by atoms with Crippen molar-refractivity contribution in [2.75, 3.05) is 0 Å². The lowest BCUT2D eigenvalue weighted by Crippen LogP contribution is -2.15. The number of benzene rings is 2. The summed E-state index contributed by atoms with van der Waals surface area (Å²) in [5, 5.41) is 8.13. The largest absolute Gasteiger partial charge is 0.416 e. The fourth-order valence-electron chi connectivity index (χ4n) is 3.21. The third-order valence-corrected chi connectivity index (χ3v) is 4.28. The van der Waals surface area contributed by atoms with Crippen molar-refractivity contribution in [1.29, 1.82) is 0 Å². The first-order chi connectivity index (χ1) is 12.0. The first-order valence-electron chi connectivity index (χ1n) is 7.74. The average Bonchev–Trinajstić information content (AvgIpc) is 2.87. The van der Waals surface area contributed by atoms with Gasteiger partial charge < -0.3 is 4.74 Å². The van der Waals surface area contributed by atoms with Crippen molar-refractivity contribution >= 4 is 0 Å². The normalized spacial score (nSPS) is 16.9. The second-order valence-corrected chi connectivity index (χ2v) is 5.83. The van der Waals surface area contributed by atoms with Crippen LogP contribution in [0.25, 0.3) is 5.69 Å². The standard InChI is InChI=1S/C18H14F3N3O/c1-11-22-23-16-10-25-17(13-7-3-5-9-15(13)24(11)16)12-6-2-4-8-14(12)18(19,20)21/h2-9,17H,10H2,1H3. The fraction of sp³-hybridized carbons (Fsp3) is 0.222. The van der Waals surface area contributed by atoms with Gasteiger partial charge in [-0.05, 0) is 24.6 Å². The fourth-order valence-corrected chi connectivity index (χ4v) is 3.21. The van der Waals surface area contributed by atoms with Crippen LogP contribution in [0.3, 0.4) is 0 Å². The van der Waals surface area contributed by atoms with Crippen LogP contribution in [0.5, 0.6) is 0 Å². The predicted octanol–water partition coefficient (Wildman–Crippen LogP) is 4.21. The molecule has 2 aromatic carbocycles. The van der Waals surface area contributed by atoms with Crippen molar-refractivity contribution in [1.82, 2.24) is 14.8 Å². The Morgan fingerprint density at radius 1 is 1.00 bits per heavy atom. The molecule has 1 aliphatic heterocycles. The second kappa shape index (κ2) is 5.70. The van der Waals surface area contributed by atoms with E-state index in [1.807, 2.05) is 16.7 Å². The van der Waals surface area contributed by atoms with Crippen molar-refractivity contribution in [3.8, 4) is 5.69 Å². The molecule has 0 aliphatic carbocycles. The Labute approximate surface area is 141 Å². The minimum absolute atomic E-state index is 0.0758. The molecule has 0 fully saturated rings. The average molecular weight is 345 g/mol. The molecule has 0 spiro atoms. The minimum Gasteiger partial charge on any atom is -0.361 e. The van der Waals surface area contributed by atoms with Crippen molar-refractivity contribution in [3.05, 3.63) is 76.9 Å². The van der Waals surface area contributed by atoms with Crippen LogP contribution in [0, 0.1) is 6.92 Å². The van der Waals surface area contributed by atoms with Crippen molar-refractivity contribution in [2.24, 2.45) is 0 Å². The van der Waals surface area contributed by atoms with E-state index < -0.39 is 17.8 Å². The van der Waals surface area contributed by atoms with Gasteiger partial charge in [0.05, 0.1) is 11.3 Å². The molecule has 0 N–H and O–H groups in total. The number of ether oxygens (including phenoxy) is 1. The maximum absolute atomic E-state index is 13.5. The summed E-state index contributed by atoms with van der Waals surface area (Å²) in [5.41, 5.74) is 0.795. The molecule has 4 nitrogen and oxygen atoms in total. The molecule has 0 saturated heterocycles. The maximum atomic E-state index is 13.5. The Morgan fingerprint density at radius 3 is 2.44 bits per heavy atom. The molecule has 0 amide bonds. The molecule has 3 aromatic rings. The predicted molar refractivity (Wildman–Crippen MR) is 84.2 cm³/mol. The Kier molecular flexibility index (Phi) is 3.61. The van der Waals surface area contributed by atoms with Crippen LogP contribution >= 0.6 is 0 Å². The summed E-state index contributed by atoms with van der Waals surface area (Å²) in [4.78, 5) is 0. The Bertz CT molecular complexity index is 933. The zero-order valence-corrected chi connectivity index (χ0v) is 13.3. The maximum Gasteiger partial charge on any atom is 0.416 e. The molecule has 1 atom stereocenters. The lowest BCUT2D eigenvalue weighted by molar-refractivity contribution is -0.139. The number of alkyl halides is 3. The van der Waals surface area contributed by atoms with Gasteiger partial charge in [-0.2, -0.15) is 13.2 Å². The summed E-state index contributed by atoms with van der Waals surface area (Å²) in [7, 11) is 0. The van der Waals surface area contributed by atoms with E-state index in [1.54, 1.807) is 25.1 Å². The second-order valence-electron chi connectivity index (χ2n) is 5.83. The Hall–Kier alpha value is -2.67. The zero-order valence-electron chi connectivity index (χ0n) is 13.3. The molecular weight excluding hydrogens is 331 g/mol. The summed E-state index contributed by atoms with van der Waals surface area (Å²) >= 11 is 0. The number of hydrogen-bond donors (Lipinski definition) is 0. The third-order valence-electron chi connectivity index (χ3n) is 4.28. The number of nitrogens with zero attached hydrogens (tertiary/aromatic N) is 3. The molecule has 1 unspecified atom stereocenters. The van der Waals surface area contributed by atoms with E-state index in [0.29, 0.717) is 17.2 Å². The highest BCUT2D eigenvalue weighted by Gasteiger charge is 2.37. The number of aromatic nitrogens is 3. The highest BCUT2D eigenvalue weighted by Crippen LogP contribution is 2.41. The van der Waals surface area contributed by atoms with Gasteiger partial charge in [-0.3, -0.25) is 4.57 Å². The van der Waals surface area contributed by atoms with Crippen molar-refractivity contribution in [2.45, 2.75) is 25.8 Å². The van der Waals surface area contributed by atoms with Crippen LogP contribution in [-0.2, 0) is 17.5 Å². The van der Waals surface area contributed by atoms with E-state index in [9.17, 15) is 13.2 Å². The summed E-state index contributed by atoms with van der Waals surface area (Å²) < 4.78 is 48.1. The van der Waals surface area contributed by atoms with Gasteiger partial charge in [0.1, 0.15) is 18.5 Å². The van der Waals surface area contributed by atoms with Crippen LogP contribution in [0.1, 0.15) is 34.4 Å². The third kappa shape index (κ3) is 2.60. The van der Waals surface area contributed by atoms with E-state index in [-0.39, 0.29) is 12.2 Å². The van der Waals surface area contributed by atoms with Crippen molar-refractivity contribution < 1.29 is 17.9 Å². The van der Waals surface area contributed by atoms with E-state index in [4.69, 9.17) is 4.74 Å². The summed E-state index contributed by atoms with van der Waals surface area (Å²) in [5.74, 6) is 1.23. The van der Waals surface area contributed by atoms with Crippen LogP contribution in [-0.4, -0.2) is 14.8 Å². The number of halogens is 3. The zero-order chi connectivity index (χ0) is 17.6. The molecule has 4 rings (SSSR count). The molecular formula is C18H14F3N3O. The van der Waals surface area contributed by atoms with Gasteiger partial charge in [-0.15, -0.1) is 10.2 Å². The Morgan fingerprint density at radius 2 is 1.68 bits per heavy atom. The smallest absolute Gasteiger partial charge is 0.361 e. The number of para-hydroxylation sites is 1. The van der Waals surface area contributed by atoms with Crippen LogP contribution in [0.4, 0.5) is 13.2 Å². The lowest BCUT2D eigenvalue weighted by atomic mass is 9.95. The summed E-state index contributed by atoms with van der Waals surface area (Å²) in [6, 6.07) is 12.8. The highest BCUT2D eigenvalue weighted by molar-refractivity contribution is 5.49. The molecule has 0 radical (unpaired) electrons. The topological polar surface area (TPSA) is 39.9 Å². The number of fused-ring (bicyclic) bond motifs is 3. The van der Waals surface area contributed by atoms with Gasteiger partial charge in [-0.25, -0.2) is 0 Å². The minimum atomic E-state index is -4.45. The van der Waals surface area contributed by atoms with Crippen molar-refractivity contribution in [3.63, 3.8) is 0 Å². The molecule has 7 heteroatoms. The number of rotatable bonds is 1. The molecule has 1 aliphatic rings. The first kappa shape index (κ1) is 15.8. The van der Waals surface area contributed by atoms with Gasteiger partial charge in [0.2, 0.25) is 0 Å². The van der Waals surface area contributed by atoms with Gasteiger partial charge in [0.25, 0.3) is 0 Å².